The highest BCUT2D eigenvalue weighted by atomic mass is 31.3. The highest BCUT2D eigenvalue weighted by molar-refractivity contribution is 7.66. The first-order chi connectivity index (χ1) is 17.0. The summed E-state index contributed by atoms with van der Waals surface area (Å²) in [6.07, 6.45) is -3.21. The van der Waals surface area contributed by atoms with Crippen LogP contribution in [-0.4, -0.2) is 72.0 Å². The second-order valence-electron chi connectivity index (χ2n) is 7.15. The normalized spacial score (nSPS) is 22.9. The Morgan fingerprint density at radius 1 is 1.22 bits per heavy atom. The molecule has 1 fully saturated rings. The number of H-pyrrole nitrogens is 1. The Hall–Kier alpha value is -2.00. The third kappa shape index (κ3) is 10.3. The number of nitrogens with one attached hydrogen (secondary N) is 2. The molecule has 5 atom stereocenters. The number of aliphatic hydroxyl groups excluding tert-OH is 1. The fourth-order valence-corrected chi connectivity index (χ4v) is 5.83. The Morgan fingerprint density at radius 3 is 2.51 bits per heavy atom. The van der Waals surface area contributed by atoms with Gasteiger partial charge in [0.05, 0.1) is 19.3 Å². The van der Waals surface area contributed by atoms with Crippen LogP contribution in [0.15, 0.2) is 15.8 Å². The maximum atomic E-state index is 12.2. The van der Waals surface area contributed by atoms with Crippen LogP contribution >= 0.6 is 23.5 Å². The van der Waals surface area contributed by atoms with E-state index in [2.05, 4.69) is 30.3 Å². The number of phosphoric ester groups is 1. The van der Waals surface area contributed by atoms with Crippen molar-refractivity contribution in [2.75, 3.05) is 19.7 Å². The first kappa shape index (κ1) is 31.2. The minimum absolute atomic E-state index is 0.0811. The van der Waals surface area contributed by atoms with Crippen LogP contribution in [0, 0.1) is 11.8 Å². The predicted octanol–water partition coefficient (Wildman–Crippen LogP) is -2.66. The lowest BCUT2D eigenvalue weighted by atomic mass is 10.2. The summed E-state index contributed by atoms with van der Waals surface area (Å²) in [6.45, 7) is -0.924. The molecule has 1 aliphatic rings. The average molecular weight is 592 g/mol. The molecule has 0 saturated carbocycles. The zero-order valence-corrected chi connectivity index (χ0v) is 21.2. The molecule has 1 amide bonds. The number of phosphoric acid groups is 3. The summed E-state index contributed by atoms with van der Waals surface area (Å²) in [7, 11) is -16.8. The Balaban J connectivity index is 2.07. The molecule has 1 aromatic heterocycles. The van der Waals surface area contributed by atoms with Gasteiger partial charge in [-0.1, -0.05) is 11.8 Å². The van der Waals surface area contributed by atoms with Crippen LogP contribution in [0.1, 0.15) is 24.6 Å². The second kappa shape index (κ2) is 12.7. The van der Waals surface area contributed by atoms with Crippen molar-refractivity contribution < 1.29 is 61.1 Å². The van der Waals surface area contributed by atoms with Crippen LogP contribution in [0.3, 0.4) is 0 Å². The predicted molar refractivity (Wildman–Crippen MR) is 119 cm³/mol. The van der Waals surface area contributed by atoms with Crippen LogP contribution in [-0.2, 0) is 36.4 Å². The van der Waals surface area contributed by atoms with Crippen molar-refractivity contribution in [1.82, 2.24) is 14.9 Å². The number of carbonyl (C=O) groups excluding carboxylic acids is 1. The standard InChI is InChI=1S/C15H23N4O15P3/c16-4-3-12(21)17-5-1-2-9-7-19(15(23)18-14(9)22)13-6-10(20)11(32-13)8-31-36(27,28)34-37(29,30)33-35(24,25)26/h7,10-11,13,20H,3-6,8,16H2,(H,17,21)(H,27,28)(H,29,30)(H,18,22,23)(H2,24,25,26)/t10-,11+,13+/m0/s1. The van der Waals surface area contributed by atoms with E-state index in [0.29, 0.717) is 0 Å². The van der Waals surface area contributed by atoms with Gasteiger partial charge in [-0.05, 0) is 0 Å². The van der Waals surface area contributed by atoms with E-state index in [1.54, 1.807) is 0 Å². The monoisotopic (exact) mass is 592 g/mol. The van der Waals surface area contributed by atoms with Gasteiger partial charge in [0.2, 0.25) is 5.91 Å². The molecule has 1 aromatic rings. The number of aliphatic hydroxyl groups is 1. The van der Waals surface area contributed by atoms with Gasteiger partial charge >= 0.3 is 29.2 Å². The van der Waals surface area contributed by atoms with Crippen molar-refractivity contribution in [2.24, 2.45) is 5.73 Å². The first-order valence-corrected chi connectivity index (χ1v) is 14.5. The van der Waals surface area contributed by atoms with Gasteiger partial charge in [-0.2, -0.15) is 8.62 Å². The van der Waals surface area contributed by atoms with Gasteiger partial charge in [-0.15, -0.1) is 0 Å². The number of aromatic amines is 1. The highest BCUT2D eigenvalue weighted by Gasteiger charge is 2.43. The molecule has 22 heteroatoms. The lowest BCUT2D eigenvalue weighted by molar-refractivity contribution is -0.120. The lowest BCUT2D eigenvalue weighted by Crippen LogP contribution is -2.34. The molecule has 37 heavy (non-hydrogen) atoms. The summed E-state index contributed by atoms with van der Waals surface area (Å²) in [5.41, 5.74) is 3.26. The zero-order valence-electron chi connectivity index (χ0n) is 18.5. The first-order valence-electron chi connectivity index (χ1n) is 9.95. The summed E-state index contributed by atoms with van der Waals surface area (Å²) in [5, 5.41) is 12.6. The molecular weight excluding hydrogens is 569 g/mol. The lowest BCUT2D eigenvalue weighted by Gasteiger charge is -2.19. The Morgan fingerprint density at radius 2 is 1.89 bits per heavy atom. The Kier molecular flexibility index (Phi) is 10.7. The van der Waals surface area contributed by atoms with Crippen LogP contribution in [0.25, 0.3) is 0 Å². The largest absolute Gasteiger partial charge is 0.490 e. The van der Waals surface area contributed by atoms with Crippen LogP contribution < -0.4 is 22.3 Å². The van der Waals surface area contributed by atoms with Gasteiger partial charge in [-0.25, -0.2) is 18.5 Å². The summed E-state index contributed by atoms with van der Waals surface area (Å²) in [6, 6.07) is 0. The third-order valence-corrected chi connectivity index (χ3v) is 8.07. The number of amides is 1. The number of hydrogen-bond acceptors (Lipinski definition) is 12. The van der Waals surface area contributed by atoms with E-state index in [4.69, 9.17) is 25.2 Å². The molecule has 19 nitrogen and oxygen atoms in total. The minimum atomic E-state index is -5.74. The average Bonchev–Trinajstić information content (AvgIpc) is 3.09. The summed E-state index contributed by atoms with van der Waals surface area (Å²) in [4.78, 5) is 73.3. The smallest absolute Gasteiger partial charge is 0.390 e. The number of hydrogen-bond donors (Lipinski definition) is 8. The molecule has 0 aliphatic carbocycles. The highest BCUT2D eigenvalue weighted by Crippen LogP contribution is 2.66. The molecule has 0 aromatic carbocycles. The molecular formula is C15H23N4O15P3. The number of nitrogens with zero attached hydrogens (tertiary/aromatic N) is 1. The van der Waals surface area contributed by atoms with Crippen molar-refractivity contribution in [3.8, 4) is 11.8 Å². The van der Waals surface area contributed by atoms with Crippen molar-refractivity contribution in [3.05, 3.63) is 32.6 Å². The van der Waals surface area contributed by atoms with E-state index in [1.165, 1.54) is 0 Å². The fraction of sp³-hybridized carbons (Fsp3) is 0.533. The summed E-state index contributed by atoms with van der Waals surface area (Å²) >= 11 is 0. The third-order valence-electron chi connectivity index (χ3n) is 4.27. The maximum Gasteiger partial charge on any atom is 0.490 e. The Bertz CT molecular complexity index is 1310. The van der Waals surface area contributed by atoms with Crippen molar-refractivity contribution >= 4 is 29.4 Å². The van der Waals surface area contributed by atoms with Gasteiger partial charge in [0.25, 0.3) is 5.56 Å². The quantitative estimate of drug-likeness (QED) is 0.0961. The second-order valence-corrected chi connectivity index (χ2v) is 11.6. The van der Waals surface area contributed by atoms with Crippen LogP contribution in [0.5, 0.6) is 0 Å². The van der Waals surface area contributed by atoms with Gasteiger partial charge in [0.15, 0.2) is 0 Å². The number of ether oxygens (including phenoxy) is 1. The van der Waals surface area contributed by atoms with Gasteiger partial charge < -0.3 is 40.5 Å². The maximum absolute atomic E-state index is 12.2. The van der Waals surface area contributed by atoms with E-state index in [1.807, 2.05) is 4.98 Å². The fourth-order valence-electron chi connectivity index (χ4n) is 2.80. The molecule has 1 aliphatic heterocycles. The van der Waals surface area contributed by atoms with Crippen molar-refractivity contribution in [3.63, 3.8) is 0 Å². The van der Waals surface area contributed by atoms with Gasteiger partial charge in [-0.3, -0.25) is 23.7 Å². The van der Waals surface area contributed by atoms with E-state index >= 15 is 0 Å². The number of carbonyl (C=O) groups is 1. The van der Waals surface area contributed by atoms with E-state index < -0.39 is 59.8 Å². The van der Waals surface area contributed by atoms with E-state index in [9.17, 15) is 38.1 Å². The molecule has 2 unspecified atom stereocenters. The molecule has 1 saturated heterocycles. The molecule has 2 rings (SSSR count). The van der Waals surface area contributed by atoms with Crippen LogP contribution in [0.4, 0.5) is 0 Å². The van der Waals surface area contributed by atoms with E-state index in [0.717, 1.165) is 10.8 Å². The topological polar surface area (TPSA) is 299 Å². The van der Waals surface area contributed by atoms with Gasteiger partial charge in [0.1, 0.15) is 17.9 Å². The molecule has 0 spiro atoms. The summed E-state index contributed by atoms with van der Waals surface area (Å²) < 4.78 is 51.7. The molecule has 208 valence electrons. The van der Waals surface area contributed by atoms with Crippen molar-refractivity contribution in [2.45, 2.75) is 31.3 Å². The molecule has 0 bridgehead atoms. The number of nitrogens with two attached hydrogens (primary N) is 1. The number of rotatable bonds is 11. The summed E-state index contributed by atoms with van der Waals surface area (Å²) in [5.74, 6) is 4.62. The van der Waals surface area contributed by atoms with Crippen LogP contribution in [0.2, 0.25) is 0 Å². The van der Waals surface area contributed by atoms with Gasteiger partial charge in [0, 0.05) is 25.6 Å². The minimum Gasteiger partial charge on any atom is -0.390 e. The SMILES string of the molecule is NCCC(=O)NCC#Cc1cn([C@H]2C[C@H](O)[C@@H](COP(=O)(O)OP(=O)(O)OP(=O)(O)O)O2)c(=O)[nH]c1=O. The van der Waals surface area contributed by atoms with E-state index in [-0.39, 0.29) is 37.4 Å². The molecule has 0 radical (unpaired) electrons. The molecule has 9 N–H and O–H groups in total. The Labute approximate surface area is 207 Å². The zero-order chi connectivity index (χ0) is 28.0. The van der Waals surface area contributed by atoms with Crippen molar-refractivity contribution in [1.29, 1.82) is 0 Å². The number of aromatic nitrogens is 2. The molecule has 2 heterocycles.